The van der Waals surface area contributed by atoms with E-state index in [4.69, 9.17) is 0 Å². The lowest BCUT2D eigenvalue weighted by Gasteiger charge is -2.29. The number of H-pyrrole nitrogens is 1. The Morgan fingerprint density at radius 3 is 2.95 bits per heavy atom. The largest absolute Gasteiger partial charge is 0.481 e. The third-order valence-electron chi connectivity index (χ3n) is 4.64. The molecule has 2 bridgehead atoms. The van der Waals surface area contributed by atoms with Crippen molar-refractivity contribution in [3.8, 4) is 0 Å². The van der Waals surface area contributed by atoms with Gasteiger partial charge in [-0.15, -0.1) is 0 Å². The van der Waals surface area contributed by atoms with E-state index in [1.165, 1.54) is 6.07 Å². The highest BCUT2D eigenvalue weighted by molar-refractivity contribution is 5.73. The molecule has 2 fully saturated rings. The van der Waals surface area contributed by atoms with Crippen LogP contribution in [-0.4, -0.2) is 27.1 Å². The van der Waals surface area contributed by atoms with Gasteiger partial charge in [0.2, 0.25) is 0 Å². The van der Waals surface area contributed by atoms with Crippen molar-refractivity contribution in [3.05, 3.63) is 22.2 Å². The molecule has 0 amide bonds. The Hall–Kier alpha value is -1.85. The Morgan fingerprint density at radius 2 is 2.25 bits per heavy atom. The number of hydrogen-bond donors (Lipinski definition) is 3. The lowest BCUT2D eigenvalue weighted by Crippen LogP contribution is -2.39. The number of hydrogen-bond acceptors (Lipinski definition) is 4. The molecule has 108 valence electrons. The van der Waals surface area contributed by atoms with Gasteiger partial charge >= 0.3 is 5.97 Å². The number of aromatic nitrogens is 2. The molecule has 2 aliphatic carbocycles. The molecule has 0 aromatic carbocycles. The molecule has 20 heavy (non-hydrogen) atoms. The van der Waals surface area contributed by atoms with E-state index in [1.807, 2.05) is 6.92 Å². The monoisotopic (exact) mass is 277 g/mol. The van der Waals surface area contributed by atoms with Gasteiger partial charge < -0.3 is 15.4 Å². The summed E-state index contributed by atoms with van der Waals surface area (Å²) in [6.07, 6.45) is 3.68. The Kier molecular flexibility index (Phi) is 3.23. The van der Waals surface area contributed by atoms with Crippen LogP contribution in [0.5, 0.6) is 0 Å². The fourth-order valence-electron chi connectivity index (χ4n) is 3.77. The third-order valence-corrected chi connectivity index (χ3v) is 4.64. The molecule has 4 atom stereocenters. The number of carbonyl (C=O) groups is 1. The van der Waals surface area contributed by atoms with Gasteiger partial charge in [-0.3, -0.25) is 9.59 Å². The number of carboxylic acid groups (broad SMARTS) is 1. The minimum absolute atomic E-state index is 0.106. The van der Waals surface area contributed by atoms with Crippen molar-refractivity contribution in [1.29, 1.82) is 0 Å². The maximum absolute atomic E-state index is 11.6. The fraction of sp³-hybridized carbons (Fsp3) is 0.643. The number of nitrogens with zero attached hydrogens (tertiary/aromatic N) is 1. The van der Waals surface area contributed by atoms with Crippen LogP contribution in [0.1, 0.15) is 32.0 Å². The quantitative estimate of drug-likeness (QED) is 0.769. The SMILES string of the molecule is CCc1nc(NC2C3CCC(C3)C2C(=O)O)cc(=O)[nH]1. The van der Waals surface area contributed by atoms with Crippen LogP contribution in [0, 0.1) is 17.8 Å². The van der Waals surface area contributed by atoms with Gasteiger partial charge in [-0.1, -0.05) is 6.92 Å². The van der Waals surface area contributed by atoms with Gasteiger partial charge in [-0.25, -0.2) is 4.98 Å². The molecule has 1 aromatic heterocycles. The molecule has 1 heterocycles. The number of anilines is 1. The Bertz CT molecular complexity index is 583. The number of carboxylic acids is 1. The summed E-state index contributed by atoms with van der Waals surface area (Å²) in [5, 5.41) is 12.6. The molecule has 0 aliphatic heterocycles. The number of aromatic amines is 1. The highest BCUT2D eigenvalue weighted by Gasteiger charge is 2.51. The molecule has 6 heteroatoms. The van der Waals surface area contributed by atoms with E-state index in [1.54, 1.807) is 0 Å². The van der Waals surface area contributed by atoms with Crippen LogP contribution in [0.4, 0.5) is 5.82 Å². The smallest absolute Gasteiger partial charge is 0.308 e. The predicted octanol–water partition coefficient (Wildman–Crippen LogP) is 1.24. The predicted molar refractivity (Wildman–Crippen MR) is 73.6 cm³/mol. The van der Waals surface area contributed by atoms with Crippen molar-refractivity contribution < 1.29 is 9.90 Å². The zero-order valence-corrected chi connectivity index (χ0v) is 11.4. The first kappa shape index (κ1) is 13.1. The van der Waals surface area contributed by atoms with Crippen molar-refractivity contribution in [2.75, 3.05) is 5.32 Å². The molecular weight excluding hydrogens is 258 g/mol. The van der Waals surface area contributed by atoms with E-state index >= 15 is 0 Å². The molecule has 2 saturated carbocycles. The van der Waals surface area contributed by atoms with Crippen LogP contribution >= 0.6 is 0 Å². The van der Waals surface area contributed by atoms with Crippen molar-refractivity contribution in [1.82, 2.24) is 9.97 Å². The zero-order chi connectivity index (χ0) is 14.3. The summed E-state index contributed by atoms with van der Waals surface area (Å²) in [6.45, 7) is 1.92. The van der Waals surface area contributed by atoms with Crippen molar-refractivity contribution in [3.63, 3.8) is 0 Å². The molecule has 2 aliphatic rings. The maximum atomic E-state index is 11.6. The molecule has 4 unspecified atom stereocenters. The first-order valence-electron chi connectivity index (χ1n) is 7.18. The first-order chi connectivity index (χ1) is 9.58. The fourth-order valence-corrected chi connectivity index (χ4v) is 3.77. The molecule has 0 saturated heterocycles. The molecular formula is C14H19N3O3. The number of nitrogens with one attached hydrogen (secondary N) is 2. The maximum Gasteiger partial charge on any atom is 0.308 e. The Morgan fingerprint density at radius 1 is 1.50 bits per heavy atom. The third kappa shape index (κ3) is 2.19. The summed E-state index contributed by atoms with van der Waals surface area (Å²) in [5.74, 6) is 0.662. The highest BCUT2D eigenvalue weighted by atomic mass is 16.4. The first-order valence-corrected chi connectivity index (χ1v) is 7.18. The Balaban J connectivity index is 1.85. The van der Waals surface area contributed by atoms with Gasteiger partial charge in [0.25, 0.3) is 5.56 Å². The van der Waals surface area contributed by atoms with Gasteiger partial charge in [0.15, 0.2) is 0 Å². The molecule has 6 nitrogen and oxygen atoms in total. The standard InChI is InChI=1S/C14H19N3O3/c1-2-9-15-10(6-11(18)16-9)17-13-8-4-3-7(5-8)12(13)14(19)20/h6-8,12-13H,2-5H2,1H3,(H,19,20)(H2,15,16,17,18). The van der Waals surface area contributed by atoms with Gasteiger partial charge in [0, 0.05) is 18.5 Å². The summed E-state index contributed by atoms with van der Waals surface area (Å²) in [7, 11) is 0. The second kappa shape index (κ2) is 4.92. The molecule has 0 spiro atoms. The van der Waals surface area contributed by atoms with E-state index < -0.39 is 5.97 Å². The summed E-state index contributed by atoms with van der Waals surface area (Å²) in [4.78, 5) is 30.0. The van der Waals surface area contributed by atoms with Crippen LogP contribution in [-0.2, 0) is 11.2 Å². The van der Waals surface area contributed by atoms with Gasteiger partial charge in [0.05, 0.1) is 5.92 Å². The van der Waals surface area contributed by atoms with Gasteiger partial charge in [-0.05, 0) is 31.1 Å². The number of rotatable bonds is 4. The van der Waals surface area contributed by atoms with Crippen molar-refractivity contribution >= 4 is 11.8 Å². The van der Waals surface area contributed by atoms with E-state index in [2.05, 4.69) is 15.3 Å². The lowest BCUT2D eigenvalue weighted by atomic mass is 9.84. The second-order valence-corrected chi connectivity index (χ2v) is 5.80. The summed E-state index contributed by atoms with van der Waals surface area (Å²) in [6, 6.07) is 1.30. The van der Waals surface area contributed by atoms with Crippen molar-refractivity contribution in [2.24, 2.45) is 17.8 Å². The average molecular weight is 277 g/mol. The topological polar surface area (TPSA) is 95.1 Å². The number of aryl methyl sites for hydroxylation is 1. The van der Waals surface area contributed by atoms with Crippen LogP contribution in [0.25, 0.3) is 0 Å². The van der Waals surface area contributed by atoms with Crippen LogP contribution in [0.15, 0.2) is 10.9 Å². The minimum atomic E-state index is -0.741. The van der Waals surface area contributed by atoms with E-state index in [0.29, 0.717) is 24.0 Å². The van der Waals surface area contributed by atoms with Crippen LogP contribution < -0.4 is 10.9 Å². The summed E-state index contributed by atoms with van der Waals surface area (Å²) in [5.41, 5.74) is -0.200. The normalized spacial score (nSPS) is 31.4. The van der Waals surface area contributed by atoms with E-state index in [9.17, 15) is 14.7 Å². The molecule has 0 radical (unpaired) electrons. The van der Waals surface area contributed by atoms with Gasteiger partial charge in [-0.2, -0.15) is 0 Å². The number of aliphatic carboxylic acids is 1. The summed E-state index contributed by atoms with van der Waals surface area (Å²) >= 11 is 0. The lowest BCUT2D eigenvalue weighted by molar-refractivity contribution is -0.143. The van der Waals surface area contributed by atoms with Crippen molar-refractivity contribution in [2.45, 2.75) is 38.6 Å². The zero-order valence-electron chi connectivity index (χ0n) is 11.4. The molecule has 3 N–H and O–H groups in total. The molecule has 1 aromatic rings. The van der Waals surface area contributed by atoms with E-state index in [0.717, 1.165) is 19.3 Å². The minimum Gasteiger partial charge on any atom is -0.481 e. The van der Waals surface area contributed by atoms with Crippen LogP contribution in [0.2, 0.25) is 0 Å². The average Bonchev–Trinajstić information content (AvgIpc) is 2.98. The highest BCUT2D eigenvalue weighted by Crippen LogP contribution is 2.49. The summed E-state index contributed by atoms with van der Waals surface area (Å²) < 4.78 is 0. The van der Waals surface area contributed by atoms with E-state index in [-0.39, 0.29) is 23.4 Å². The van der Waals surface area contributed by atoms with Gasteiger partial charge in [0.1, 0.15) is 11.6 Å². The Labute approximate surface area is 116 Å². The second-order valence-electron chi connectivity index (χ2n) is 5.80. The number of fused-ring (bicyclic) bond motifs is 2. The van der Waals surface area contributed by atoms with Crippen LogP contribution in [0.3, 0.4) is 0 Å². The molecule has 3 rings (SSSR count).